The predicted octanol–water partition coefficient (Wildman–Crippen LogP) is 5.95. The SMILES string of the molecule is CC(C)(C)[C]1(O[Si](C)(C)C)OC=C[CH2][Ge]1.C[Si](C)C.C[Si](C)C. The third-order valence-electron chi connectivity index (χ3n) is 2.22. The summed E-state index contributed by atoms with van der Waals surface area (Å²) in [7, 11) is -1.31. The molecule has 1 rings (SSSR count). The molecular weight excluding hydrogens is 393 g/mol. The smallest absolute Gasteiger partial charge is 0.0379 e. The Morgan fingerprint density at radius 1 is 1.00 bits per heavy atom. The molecule has 0 bridgehead atoms. The number of hydrogen-bond acceptors (Lipinski definition) is 2. The van der Waals surface area contributed by atoms with Crippen molar-refractivity contribution in [2.75, 3.05) is 0 Å². The van der Waals surface area contributed by atoms with Gasteiger partial charge in [-0.15, -0.1) is 0 Å². The van der Waals surface area contributed by atoms with E-state index in [2.05, 4.69) is 85.8 Å². The second-order valence-electron chi connectivity index (χ2n) is 8.95. The van der Waals surface area contributed by atoms with Gasteiger partial charge in [0.25, 0.3) is 0 Å². The van der Waals surface area contributed by atoms with Crippen molar-refractivity contribution in [1.82, 2.24) is 0 Å². The molecule has 0 aromatic rings. The minimum absolute atomic E-state index is 0.0675. The molecule has 0 N–H and O–H groups in total. The van der Waals surface area contributed by atoms with Crippen molar-refractivity contribution in [1.29, 1.82) is 0 Å². The molecule has 136 valence electrons. The Morgan fingerprint density at radius 3 is 1.61 bits per heavy atom. The maximum absolute atomic E-state index is 6.35. The topological polar surface area (TPSA) is 18.5 Å². The molecule has 1 unspecified atom stereocenters. The molecule has 23 heavy (non-hydrogen) atoms. The molecule has 0 fully saturated rings. The van der Waals surface area contributed by atoms with Gasteiger partial charge in [0.15, 0.2) is 0 Å². The third kappa shape index (κ3) is 14.7. The van der Waals surface area contributed by atoms with Gasteiger partial charge in [0.05, 0.1) is 0 Å². The first-order valence-electron chi connectivity index (χ1n) is 8.44. The standard InChI is InChI=1S/C11H22GeO2Si.2C3H9Si/c1-10(2,3)11(14-15(4,5)6)12-8-7-9-13-11;2*1-4(2)3/h7,9H,8H2,1-6H3;2*1-3H3. The van der Waals surface area contributed by atoms with Gasteiger partial charge in [0.1, 0.15) is 0 Å². The van der Waals surface area contributed by atoms with Crippen LogP contribution in [-0.4, -0.2) is 46.0 Å². The van der Waals surface area contributed by atoms with Crippen LogP contribution in [0.4, 0.5) is 0 Å². The summed E-state index contributed by atoms with van der Waals surface area (Å²) in [6, 6.07) is 0. The average molecular weight is 433 g/mol. The Hall–Kier alpha value is 0.694. The van der Waals surface area contributed by atoms with Gasteiger partial charge in [0.2, 0.25) is 0 Å². The predicted molar refractivity (Wildman–Crippen MR) is 114 cm³/mol. The molecule has 0 aliphatic carbocycles. The first-order chi connectivity index (χ1) is 10.1. The molecule has 0 amide bonds. The van der Waals surface area contributed by atoms with E-state index in [1.54, 1.807) is 0 Å². The van der Waals surface area contributed by atoms with Crippen LogP contribution in [0, 0.1) is 5.41 Å². The van der Waals surface area contributed by atoms with Crippen molar-refractivity contribution >= 4 is 41.3 Å². The fourth-order valence-electron chi connectivity index (χ4n) is 1.51. The van der Waals surface area contributed by atoms with Crippen LogP contribution in [0.5, 0.6) is 0 Å². The summed E-state index contributed by atoms with van der Waals surface area (Å²) in [6.45, 7) is 27.0. The van der Waals surface area contributed by atoms with E-state index in [4.69, 9.17) is 9.16 Å². The molecule has 0 aromatic carbocycles. The molecule has 1 heterocycles. The molecule has 0 saturated heterocycles. The summed E-state index contributed by atoms with van der Waals surface area (Å²) in [6.07, 6.45) is 3.95. The van der Waals surface area contributed by atoms with Gasteiger partial charge in [-0.25, -0.2) is 0 Å². The van der Waals surface area contributed by atoms with Crippen LogP contribution in [0.1, 0.15) is 20.8 Å². The second kappa shape index (κ2) is 11.3. The van der Waals surface area contributed by atoms with Gasteiger partial charge >= 0.3 is 101 Å². The number of rotatable bonds is 2. The number of allylic oxidation sites excluding steroid dienone is 1. The summed E-state index contributed by atoms with van der Waals surface area (Å²) in [5.41, 5.74) is 0.0675. The molecule has 1 atom stereocenters. The Morgan fingerprint density at radius 2 is 1.39 bits per heavy atom. The van der Waals surface area contributed by atoms with Gasteiger partial charge in [-0.2, -0.15) is 0 Å². The van der Waals surface area contributed by atoms with E-state index >= 15 is 0 Å². The van der Waals surface area contributed by atoms with Gasteiger partial charge in [-0.3, -0.25) is 0 Å². The van der Waals surface area contributed by atoms with E-state index in [-0.39, 0.29) is 43.1 Å². The van der Waals surface area contributed by atoms with Crippen LogP contribution in [0.2, 0.25) is 64.2 Å². The van der Waals surface area contributed by atoms with Crippen LogP contribution in [0.3, 0.4) is 0 Å². The van der Waals surface area contributed by atoms with E-state index < -0.39 is 8.32 Å². The Balaban J connectivity index is 0. The molecule has 1 aliphatic rings. The van der Waals surface area contributed by atoms with Gasteiger partial charge in [-0.1, -0.05) is 39.3 Å². The Kier molecular flexibility index (Phi) is 12.8. The summed E-state index contributed by atoms with van der Waals surface area (Å²) in [5.74, 6) is 0. The Labute approximate surface area is 157 Å². The van der Waals surface area contributed by atoms with Gasteiger partial charge < -0.3 is 0 Å². The van der Waals surface area contributed by atoms with Crippen LogP contribution in [0.15, 0.2) is 12.3 Å². The molecule has 4 radical (unpaired) electrons. The monoisotopic (exact) mass is 434 g/mol. The van der Waals surface area contributed by atoms with Crippen molar-refractivity contribution < 1.29 is 9.16 Å². The van der Waals surface area contributed by atoms with E-state index in [9.17, 15) is 0 Å². The fourth-order valence-corrected chi connectivity index (χ4v) is 7.63. The van der Waals surface area contributed by atoms with Crippen LogP contribution >= 0.6 is 0 Å². The first kappa shape index (κ1) is 25.9. The van der Waals surface area contributed by atoms with E-state index in [0.717, 1.165) is 0 Å². The minimum atomic E-state index is -1.55. The zero-order valence-corrected chi connectivity index (χ0v) is 22.8. The van der Waals surface area contributed by atoms with Gasteiger partial charge in [-0.05, 0) is 0 Å². The zero-order valence-electron chi connectivity index (χ0n) is 17.7. The normalized spacial score (nSPS) is 21.1. The second-order valence-corrected chi connectivity index (χ2v) is 22.4. The van der Waals surface area contributed by atoms with Crippen molar-refractivity contribution in [2.24, 2.45) is 5.41 Å². The van der Waals surface area contributed by atoms with Crippen molar-refractivity contribution in [3.63, 3.8) is 0 Å². The van der Waals surface area contributed by atoms with Crippen LogP contribution in [0.25, 0.3) is 0 Å². The third-order valence-corrected chi connectivity index (χ3v) is 7.48. The van der Waals surface area contributed by atoms with Crippen molar-refractivity contribution in [3.8, 4) is 0 Å². The summed E-state index contributed by atoms with van der Waals surface area (Å²) >= 11 is -0.233. The summed E-state index contributed by atoms with van der Waals surface area (Å²) in [5, 5.41) is 1.17. The largest absolute Gasteiger partial charge is 0.0715 e. The molecule has 0 aromatic heterocycles. The first-order valence-corrected chi connectivity index (χ1v) is 20.4. The minimum Gasteiger partial charge on any atom is -0.0715 e. The maximum Gasteiger partial charge on any atom is 0.0379 e. The molecule has 2 nitrogen and oxygen atoms in total. The van der Waals surface area contributed by atoms with E-state index in [0.29, 0.717) is 0 Å². The molecule has 0 spiro atoms. The summed E-state index contributed by atoms with van der Waals surface area (Å²) < 4.78 is 11.9. The molecular formula is C17H40GeO2Si3. The quantitative estimate of drug-likeness (QED) is 0.502. The van der Waals surface area contributed by atoms with E-state index in [1.807, 2.05) is 6.26 Å². The van der Waals surface area contributed by atoms with Gasteiger partial charge in [0, 0.05) is 17.6 Å². The van der Waals surface area contributed by atoms with Crippen LogP contribution in [-0.2, 0) is 9.16 Å². The average Bonchev–Trinajstić information content (AvgIpc) is 2.24. The number of hydrogen-bond donors (Lipinski definition) is 0. The fraction of sp³-hybridized carbons (Fsp3) is 0.882. The van der Waals surface area contributed by atoms with Crippen molar-refractivity contribution in [2.45, 2.75) is 89.6 Å². The maximum atomic E-state index is 6.35. The van der Waals surface area contributed by atoms with E-state index in [1.165, 1.54) is 5.25 Å². The summed E-state index contributed by atoms with van der Waals surface area (Å²) in [4.78, 5) is 0. The zero-order chi connectivity index (χ0) is 18.9. The molecule has 0 saturated carbocycles. The Bertz CT molecular complexity index is 322. The van der Waals surface area contributed by atoms with Crippen molar-refractivity contribution in [3.05, 3.63) is 12.3 Å². The van der Waals surface area contributed by atoms with Crippen LogP contribution < -0.4 is 0 Å². The molecule has 6 heteroatoms. The number of ether oxygens (including phenoxy) is 1. The molecule has 1 aliphatic heterocycles.